The van der Waals surface area contributed by atoms with Gasteiger partial charge in [0.25, 0.3) is 11.7 Å². The molecule has 1 amide bonds. The van der Waals surface area contributed by atoms with Crippen LogP contribution in [0.25, 0.3) is 5.78 Å². The molecule has 0 N–H and O–H groups in total. The molecule has 162 valence electrons. The lowest BCUT2D eigenvalue weighted by Gasteiger charge is -2.34. The Labute approximate surface area is 181 Å². The van der Waals surface area contributed by atoms with Gasteiger partial charge >= 0.3 is 0 Å². The third kappa shape index (κ3) is 3.82. The van der Waals surface area contributed by atoms with Crippen molar-refractivity contribution in [3.05, 3.63) is 47.5 Å². The molecule has 8 nitrogen and oxygen atoms in total. The number of benzene rings is 1. The summed E-state index contributed by atoms with van der Waals surface area (Å²) in [6.45, 7) is 4.88. The van der Waals surface area contributed by atoms with Crippen molar-refractivity contribution in [3.8, 4) is 11.5 Å². The Hall–Kier alpha value is -3.16. The van der Waals surface area contributed by atoms with Crippen LogP contribution in [0.4, 0.5) is 0 Å². The Balaban J connectivity index is 1.52. The van der Waals surface area contributed by atoms with Crippen LogP contribution in [-0.2, 0) is 6.54 Å². The highest BCUT2D eigenvalue weighted by Gasteiger charge is 2.29. The van der Waals surface area contributed by atoms with Crippen LogP contribution >= 0.6 is 0 Å². The van der Waals surface area contributed by atoms with E-state index in [9.17, 15) is 4.79 Å². The molecule has 1 fully saturated rings. The lowest BCUT2D eigenvalue weighted by atomic mass is 9.93. The number of hydrogen-bond donors (Lipinski definition) is 0. The largest absolute Gasteiger partial charge is 0.454 e. The summed E-state index contributed by atoms with van der Waals surface area (Å²) in [5.74, 6) is 2.09. The highest BCUT2D eigenvalue weighted by atomic mass is 16.7. The van der Waals surface area contributed by atoms with Crippen LogP contribution in [0.2, 0.25) is 0 Å². The van der Waals surface area contributed by atoms with E-state index in [1.54, 1.807) is 4.52 Å². The molecule has 3 aromatic rings. The van der Waals surface area contributed by atoms with E-state index in [0.717, 1.165) is 48.4 Å². The summed E-state index contributed by atoms with van der Waals surface area (Å²) < 4.78 is 12.5. The molecule has 5 rings (SSSR count). The SMILES string of the molecule is CC(C)c1cc(C(=O)N(Cc2ccc3c(c2)OCO3)C2CCCCC2)n2ncnc2n1. The van der Waals surface area contributed by atoms with E-state index in [1.165, 1.54) is 12.7 Å². The van der Waals surface area contributed by atoms with Gasteiger partial charge in [0.2, 0.25) is 6.79 Å². The smallest absolute Gasteiger partial charge is 0.273 e. The average molecular weight is 422 g/mol. The minimum atomic E-state index is -0.0376. The fourth-order valence-electron chi connectivity index (χ4n) is 4.42. The Morgan fingerprint density at radius 3 is 2.77 bits per heavy atom. The number of amides is 1. The average Bonchev–Trinajstić information content (AvgIpc) is 3.45. The summed E-state index contributed by atoms with van der Waals surface area (Å²) in [6, 6.07) is 7.96. The highest BCUT2D eigenvalue weighted by molar-refractivity contribution is 5.93. The molecule has 1 aliphatic heterocycles. The standard InChI is InChI=1S/C23H27N5O3/c1-15(2)18-11-19(28-23(26-18)24-13-25-28)22(29)27(17-6-4-3-5-7-17)12-16-8-9-20-21(10-16)31-14-30-20/h8-11,13,15,17H,3-7,12,14H2,1-2H3. The number of carbonyl (C=O) groups excluding carboxylic acids is 1. The molecule has 2 aliphatic rings. The summed E-state index contributed by atoms with van der Waals surface area (Å²) in [5, 5.41) is 4.28. The van der Waals surface area contributed by atoms with Gasteiger partial charge in [0.15, 0.2) is 11.5 Å². The molecule has 0 spiro atoms. The van der Waals surface area contributed by atoms with Crippen molar-refractivity contribution in [1.29, 1.82) is 0 Å². The van der Waals surface area contributed by atoms with Gasteiger partial charge in [-0.3, -0.25) is 4.79 Å². The number of nitrogens with zero attached hydrogens (tertiary/aromatic N) is 5. The van der Waals surface area contributed by atoms with E-state index in [-0.39, 0.29) is 24.7 Å². The van der Waals surface area contributed by atoms with E-state index in [1.807, 2.05) is 29.2 Å². The molecule has 1 aromatic carbocycles. The second-order valence-electron chi connectivity index (χ2n) is 8.61. The number of ether oxygens (including phenoxy) is 2. The maximum atomic E-state index is 13.9. The maximum Gasteiger partial charge on any atom is 0.273 e. The second kappa shape index (κ2) is 8.17. The Morgan fingerprint density at radius 2 is 1.97 bits per heavy atom. The zero-order valence-corrected chi connectivity index (χ0v) is 18.0. The van der Waals surface area contributed by atoms with Gasteiger partial charge in [-0.25, -0.2) is 4.98 Å². The van der Waals surface area contributed by atoms with Gasteiger partial charge in [-0.1, -0.05) is 39.2 Å². The molecular formula is C23H27N5O3. The zero-order valence-electron chi connectivity index (χ0n) is 18.0. The number of rotatable bonds is 5. The maximum absolute atomic E-state index is 13.9. The first-order valence-electron chi connectivity index (χ1n) is 11.0. The summed E-state index contributed by atoms with van der Waals surface area (Å²) in [4.78, 5) is 24.7. The van der Waals surface area contributed by atoms with Crippen LogP contribution in [0.5, 0.6) is 11.5 Å². The van der Waals surface area contributed by atoms with Crippen molar-refractivity contribution in [2.75, 3.05) is 6.79 Å². The predicted octanol–water partition coefficient (Wildman–Crippen LogP) is 3.95. The first kappa shape index (κ1) is 19.8. The normalized spacial score (nSPS) is 16.2. The van der Waals surface area contributed by atoms with Gasteiger partial charge in [-0.15, -0.1) is 0 Å². The van der Waals surface area contributed by atoms with Gasteiger partial charge in [-0.05, 0) is 42.5 Å². The van der Waals surface area contributed by atoms with Gasteiger partial charge in [0.05, 0.1) is 0 Å². The van der Waals surface area contributed by atoms with E-state index < -0.39 is 0 Å². The summed E-state index contributed by atoms with van der Waals surface area (Å²) in [6.07, 6.45) is 6.98. The van der Waals surface area contributed by atoms with Gasteiger partial charge < -0.3 is 14.4 Å². The summed E-state index contributed by atoms with van der Waals surface area (Å²) >= 11 is 0. The Morgan fingerprint density at radius 1 is 1.16 bits per heavy atom. The van der Waals surface area contributed by atoms with Crippen molar-refractivity contribution in [1.82, 2.24) is 24.5 Å². The molecule has 0 bridgehead atoms. The first-order chi connectivity index (χ1) is 15.1. The van der Waals surface area contributed by atoms with Crippen molar-refractivity contribution in [2.24, 2.45) is 0 Å². The van der Waals surface area contributed by atoms with E-state index in [0.29, 0.717) is 18.0 Å². The summed E-state index contributed by atoms with van der Waals surface area (Å²) in [7, 11) is 0. The van der Waals surface area contributed by atoms with Crippen molar-refractivity contribution in [3.63, 3.8) is 0 Å². The van der Waals surface area contributed by atoms with Crippen molar-refractivity contribution in [2.45, 2.75) is 64.5 Å². The van der Waals surface area contributed by atoms with Gasteiger partial charge in [0, 0.05) is 18.3 Å². The topological polar surface area (TPSA) is 81.9 Å². The molecule has 0 saturated heterocycles. The Bertz CT molecular complexity index is 1100. The molecule has 0 atom stereocenters. The zero-order chi connectivity index (χ0) is 21.4. The molecule has 1 saturated carbocycles. The molecule has 2 aromatic heterocycles. The second-order valence-corrected chi connectivity index (χ2v) is 8.61. The number of fused-ring (bicyclic) bond motifs is 2. The van der Waals surface area contributed by atoms with Crippen LogP contribution in [0.3, 0.4) is 0 Å². The quantitative estimate of drug-likeness (QED) is 0.620. The molecule has 0 radical (unpaired) electrons. The first-order valence-corrected chi connectivity index (χ1v) is 11.0. The molecule has 0 unspecified atom stereocenters. The fourth-order valence-corrected chi connectivity index (χ4v) is 4.42. The summed E-state index contributed by atoms with van der Waals surface area (Å²) in [5.41, 5.74) is 2.38. The minimum Gasteiger partial charge on any atom is -0.454 e. The van der Waals surface area contributed by atoms with Crippen LogP contribution < -0.4 is 9.47 Å². The van der Waals surface area contributed by atoms with Gasteiger partial charge in [-0.2, -0.15) is 14.6 Å². The van der Waals surface area contributed by atoms with Crippen LogP contribution in [-0.4, -0.2) is 43.2 Å². The third-order valence-corrected chi connectivity index (χ3v) is 6.15. The van der Waals surface area contributed by atoms with E-state index in [4.69, 9.17) is 9.47 Å². The monoisotopic (exact) mass is 421 g/mol. The number of carbonyl (C=O) groups is 1. The molecular weight excluding hydrogens is 394 g/mol. The van der Waals surface area contributed by atoms with Crippen LogP contribution in [0, 0.1) is 0 Å². The molecule has 1 aliphatic carbocycles. The number of aromatic nitrogens is 4. The highest BCUT2D eigenvalue weighted by Crippen LogP contribution is 2.34. The third-order valence-electron chi connectivity index (χ3n) is 6.15. The molecule has 31 heavy (non-hydrogen) atoms. The molecule has 3 heterocycles. The fraction of sp³-hybridized carbons (Fsp3) is 0.478. The van der Waals surface area contributed by atoms with Crippen molar-refractivity contribution >= 4 is 11.7 Å². The lowest BCUT2D eigenvalue weighted by molar-refractivity contribution is 0.0604. The van der Waals surface area contributed by atoms with Crippen molar-refractivity contribution < 1.29 is 14.3 Å². The van der Waals surface area contributed by atoms with E-state index >= 15 is 0 Å². The predicted molar refractivity (Wildman–Crippen MR) is 114 cm³/mol. The minimum absolute atomic E-state index is 0.0376. The number of hydrogen-bond acceptors (Lipinski definition) is 6. The van der Waals surface area contributed by atoms with Gasteiger partial charge in [0.1, 0.15) is 12.0 Å². The van der Waals surface area contributed by atoms with Crippen LogP contribution in [0.15, 0.2) is 30.6 Å². The lowest BCUT2D eigenvalue weighted by Crippen LogP contribution is -2.41. The Kier molecular flexibility index (Phi) is 5.21. The molecule has 8 heteroatoms. The van der Waals surface area contributed by atoms with Crippen LogP contribution in [0.1, 0.15) is 73.6 Å². The van der Waals surface area contributed by atoms with E-state index in [2.05, 4.69) is 28.9 Å².